The number of anilines is 1. The van der Waals surface area contributed by atoms with Crippen molar-refractivity contribution in [2.45, 2.75) is 12.5 Å². The standard InChI is InChI=1S/C12H13FN6O2/c13-8-3-7(4-10(5-8)19(20)21)11-15-12(17-16-11)18-2-1-9(14)6-18/h3-5,9H,1-2,6,14H2,(H,15,16,17). The number of benzene rings is 1. The van der Waals surface area contributed by atoms with Crippen molar-refractivity contribution in [1.29, 1.82) is 0 Å². The summed E-state index contributed by atoms with van der Waals surface area (Å²) in [6, 6.07) is 3.37. The fourth-order valence-electron chi connectivity index (χ4n) is 2.31. The zero-order valence-corrected chi connectivity index (χ0v) is 11.0. The molecule has 1 aliphatic rings. The van der Waals surface area contributed by atoms with Gasteiger partial charge in [-0.2, -0.15) is 4.98 Å². The van der Waals surface area contributed by atoms with Crippen LogP contribution in [0.5, 0.6) is 0 Å². The van der Waals surface area contributed by atoms with E-state index in [4.69, 9.17) is 5.73 Å². The lowest BCUT2D eigenvalue weighted by Crippen LogP contribution is -2.26. The average molecular weight is 292 g/mol. The van der Waals surface area contributed by atoms with Crippen LogP contribution in [-0.2, 0) is 0 Å². The molecular formula is C12H13FN6O2. The molecule has 1 unspecified atom stereocenters. The van der Waals surface area contributed by atoms with Crippen LogP contribution >= 0.6 is 0 Å². The maximum absolute atomic E-state index is 13.4. The van der Waals surface area contributed by atoms with Gasteiger partial charge in [0.25, 0.3) is 5.69 Å². The van der Waals surface area contributed by atoms with E-state index < -0.39 is 10.7 Å². The topological polar surface area (TPSA) is 114 Å². The van der Waals surface area contributed by atoms with Crippen molar-refractivity contribution in [2.75, 3.05) is 18.0 Å². The Hall–Kier alpha value is -2.55. The van der Waals surface area contributed by atoms with E-state index in [1.807, 2.05) is 4.90 Å². The Labute approximate surface area is 118 Å². The highest BCUT2D eigenvalue weighted by atomic mass is 19.1. The number of H-pyrrole nitrogens is 1. The number of nitro benzene ring substituents is 1. The quantitative estimate of drug-likeness (QED) is 0.645. The van der Waals surface area contributed by atoms with Crippen LogP contribution in [0.1, 0.15) is 6.42 Å². The summed E-state index contributed by atoms with van der Waals surface area (Å²) < 4.78 is 13.4. The molecule has 0 aliphatic carbocycles. The van der Waals surface area contributed by atoms with Crippen molar-refractivity contribution in [3.63, 3.8) is 0 Å². The maximum atomic E-state index is 13.4. The second kappa shape index (κ2) is 5.09. The Morgan fingerprint density at radius 2 is 2.29 bits per heavy atom. The highest BCUT2D eigenvalue weighted by Crippen LogP contribution is 2.25. The first kappa shape index (κ1) is 13.4. The zero-order valence-electron chi connectivity index (χ0n) is 11.0. The summed E-state index contributed by atoms with van der Waals surface area (Å²) in [5.74, 6) is 0.0540. The Balaban J connectivity index is 1.91. The molecule has 9 heteroatoms. The van der Waals surface area contributed by atoms with Crippen molar-refractivity contribution in [2.24, 2.45) is 5.73 Å². The smallest absolute Gasteiger partial charge is 0.273 e. The Morgan fingerprint density at radius 1 is 1.48 bits per heavy atom. The van der Waals surface area contributed by atoms with Crippen molar-refractivity contribution >= 4 is 11.6 Å². The van der Waals surface area contributed by atoms with Crippen LogP contribution in [0.15, 0.2) is 18.2 Å². The van der Waals surface area contributed by atoms with Crippen LogP contribution in [0.25, 0.3) is 11.4 Å². The van der Waals surface area contributed by atoms with Crippen LogP contribution in [0.4, 0.5) is 16.0 Å². The van der Waals surface area contributed by atoms with Gasteiger partial charge in [0.15, 0.2) is 5.82 Å². The first-order valence-corrected chi connectivity index (χ1v) is 6.41. The Bertz CT molecular complexity index is 688. The monoisotopic (exact) mass is 292 g/mol. The van der Waals surface area contributed by atoms with Gasteiger partial charge >= 0.3 is 0 Å². The van der Waals surface area contributed by atoms with Crippen LogP contribution in [0.3, 0.4) is 0 Å². The van der Waals surface area contributed by atoms with Crippen LogP contribution in [0, 0.1) is 15.9 Å². The molecule has 1 saturated heterocycles. The fourth-order valence-corrected chi connectivity index (χ4v) is 2.31. The lowest BCUT2D eigenvalue weighted by Gasteiger charge is -2.11. The van der Waals surface area contributed by atoms with Gasteiger partial charge in [0.05, 0.1) is 11.0 Å². The molecule has 0 saturated carbocycles. The molecule has 2 aromatic rings. The Morgan fingerprint density at radius 3 is 2.95 bits per heavy atom. The predicted octanol–water partition coefficient (Wildman–Crippen LogP) is 1.06. The van der Waals surface area contributed by atoms with Gasteiger partial charge in [-0.15, -0.1) is 5.10 Å². The molecule has 1 fully saturated rings. The minimum atomic E-state index is -0.694. The van der Waals surface area contributed by atoms with Crippen molar-refractivity contribution in [1.82, 2.24) is 15.2 Å². The first-order valence-electron chi connectivity index (χ1n) is 6.41. The number of hydrogen-bond donors (Lipinski definition) is 2. The molecule has 2 heterocycles. The predicted molar refractivity (Wildman–Crippen MR) is 73.2 cm³/mol. The normalized spacial score (nSPS) is 18.2. The van der Waals surface area contributed by atoms with Gasteiger partial charge in [0.2, 0.25) is 5.95 Å². The highest BCUT2D eigenvalue weighted by Gasteiger charge is 2.23. The van der Waals surface area contributed by atoms with E-state index in [9.17, 15) is 14.5 Å². The molecule has 21 heavy (non-hydrogen) atoms. The molecule has 3 rings (SSSR count). The fraction of sp³-hybridized carbons (Fsp3) is 0.333. The molecule has 0 spiro atoms. The van der Waals surface area contributed by atoms with Gasteiger partial charge in [-0.1, -0.05) is 0 Å². The van der Waals surface area contributed by atoms with Gasteiger partial charge in [0.1, 0.15) is 5.82 Å². The largest absolute Gasteiger partial charge is 0.338 e. The number of nitrogens with two attached hydrogens (primary N) is 1. The molecule has 3 N–H and O–H groups in total. The van der Waals surface area contributed by atoms with E-state index in [0.29, 0.717) is 12.5 Å². The summed E-state index contributed by atoms with van der Waals surface area (Å²) in [5.41, 5.74) is 5.78. The number of hydrogen-bond acceptors (Lipinski definition) is 6. The number of nitrogens with zero attached hydrogens (tertiary/aromatic N) is 4. The van der Waals surface area contributed by atoms with Gasteiger partial charge < -0.3 is 10.6 Å². The summed E-state index contributed by atoms with van der Waals surface area (Å²) in [4.78, 5) is 16.3. The van der Waals surface area contributed by atoms with E-state index in [2.05, 4.69) is 15.2 Å². The van der Waals surface area contributed by atoms with Crippen LogP contribution < -0.4 is 10.6 Å². The van der Waals surface area contributed by atoms with Gasteiger partial charge in [0, 0.05) is 30.8 Å². The lowest BCUT2D eigenvalue weighted by atomic mass is 10.2. The van der Waals surface area contributed by atoms with Crippen molar-refractivity contribution in [3.05, 3.63) is 34.1 Å². The molecule has 1 atom stereocenters. The minimum Gasteiger partial charge on any atom is -0.338 e. The number of non-ortho nitro benzene ring substituents is 1. The highest BCUT2D eigenvalue weighted by molar-refractivity contribution is 5.60. The second-order valence-corrected chi connectivity index (χ2v) is 4.93. The summed E-state index contributed by atoms with van der Waals surface area (Å²) in [6.45, 7) is 1.41. The van der Waals surface area contributed by atoms with E-state index >= 15 is 0 Å². The summed E-state index contributed by atoms with van der Waals surface area (Å²) in [5, 5.41) is 17.5. The van der Waals surface area contributed by atoms with Gasteiger partial charge in [-0.05, 0) is 12.5 Å². The third-order valence-electron chi connectivity index (χ3n) is 3.35. The van der Waals surface area contributed by atoms with Crippen molar-refractivity contribution in [3.8, 4) is 11.4 Å². The number of rotatable bonds is 3. The van der Waals surface area contributed by atoms with Crippen molar-refractivity contribution < 1.29 is 9.31 Å². The van der Waals surface area contributed by atoms with E-state index in [1.54, 1.807) is 0 Å². The number of nitro groups is 1. The summed E-state index contributed by atoms with van der Waals surface area (Å²) in [6.07, 6.45) is 0.856. The SMILES string of the molecule is NC1CCN(c2n[nH]c(-c3cc(F)cc([N+](=O)[O-])c3)n2)C1. The third kappa shape index (κ3) is 2.68. The molecular weight excluding hydrogens is 279 g/mol. The number of aromatic amines is 1. The Kier molecular flexibility index (Phi) is 3.26. The first-order chi connectivity index (χ1) is 10.0. The average Bonchev–Trinajstić information content (AvgIpc) is 3.06. The molecule has 0 amide bonds. The van der Waals surface area contributed by atoms with E-state index in [-0.39, 0.29) is 23.1 Å². The third-order valence-corrected chi connectivity index (χ3v) is 3.35. The van der Waals surface area contributed by atoms with Crippen LogP contribution in [0.2, 0.25) is 0 Å². The lowest BCUT2D eigenvalue weighted by molar-refractivity contribution is -0.385. The maximum Gasteiger partial charge on any atom is 0.273 e. The number of halogens is 1. The van der Waals surface area contributed by atoms with E-state index in [0.717, 1.165) is 19.0 Å². The van der Waals surface area contributed by atoms with Gasteiger partial charge in [-0.3, -0.25) is 15.2 Å². The summed E-state index contributed by atoms with van der Waals surface area (Å²) in [7, 11) is 0. The molecule has 0 bridgehead atoms. The molecule has 0 radical (unpaired) electrons. The molecule has 1 aliphatic heterocycles. The molecule has 8 nitrogen and oxygen atoms in total. The van der Waals surface area contributed by atoms with E-state index in [1.165, 1.54) is 12.1 Å². The number of nitrogens with one attached hydrogen (secondary N) is 1. The molecule has 110 valence electrons. The molecule has 1 aromatic heterocycles. The molecule has 1 aromatic carbocycles. The summed E-state index contributed by atoms with van der Waals surface area (Å²) >= 11 is 0. The zero-order chi connectivity index (χ0) is 15.0. The second-order valence-electron chi connectivity index (χ2n) is 4.93. The van der Waals surface area contributed by atoms with Gasteiger partial charge in [-0.25, -0.2) is 4.39 Å². The van der Waals surface area contributed by atoms with Crippen LogP contribution in [-0.4, -0.2) is 39.2 Å². The number of aromatic nitrogens is 3. The minimum absolute atomic E-state index is 0.0854.